The predicted molar refractivity (Wildman–Crippen MR) is 122 cm³/mol. The molecule has 0 saturated carbocycles. The molecule has 0 saturated heterocycles. The molecular weight excluding hydrogens is 388 g/mol. The Labute approximate surface area is 183 Å². The van der Waals surface area contributed by atoms with Gasteiger partial charge in [0.2, 0.25) is 5.78 Å². The van der Waals surface area contributed by atoms with E-state index in [1.54, 1.807) is 12.1 Å². The second kappa shape index (κ2) is 10.1. The van der Waals surface area contributed by atoms with E-state index in [1.165, 1.54) is 0 Å². The molecule has 0 radical (unpaired) electrons. The Morgan fingerprint density at radius 3 is 2.00 bits per heavy atom. The van der Waals surface area contributed by atoms with Gasteiger partial charge in [-0.25, -0.2) is 0 Å². The zero-order valence-electron chi connectivity index (χ0n) is 18.5. The van der Waals surface area contributed by atoms with Crippen molar-refractivity contribution in [1.82, 2.24) is 0 Å². The van der Waals surface area contributed by atoms with Crippen LogP contribution in [-0.4, -0.2) is 18.4 Å². The molecule has 1 atom stereocenters. The SMILES string of the molecule is Cc1ccc(C(=O)[C@@H](OC(=O)CCOc2cc(C)ccc2C)c2ccc(C)cc2)cc1. The van der Waals surface area contributed by atoms with E-state index in [9.17, 15) is 9.59 Å². The highest BCUT2D eigenvalue weighted by Crippen LogP contribution is 2.25. The number of ketones is 1. The summed E-state index contributed by atoms with van der Waals surface area (Å²) in [5.41, 5.74) is 5.38. The van der Waals surface area contributed by atoms with Crippen LogP contribution in [0, 0.1) is 27.7 Å². The Morgan fingerprint density at radius 2 is 1.35 bits per heavy atom. The lowest BCUT2D eigenvalue weighted by Crippen LogP contribution is -2.21. The van der Waals surface area contributed by atoms with Crippen molar-refractivity contribution in [2.24, 2.45) is 0 Å². The summed E-state index contributed by atoms with van der Waals surface area (Å²) >= 11 is 0. The standard InChI is InChI=1S/C27H28O4/c1-18-6-11-22(12-7-18)26(29)27(23-13-8-19(2)9-14-23)31-25(28)15-16-30-24-17-20(3)5-10-21(24)4/h5-14,17,27H,15-16H2,1-4H3/t27-/m0/s1. The molecule has 0 spiro atoms. The van der Waals surface area contributed by atoms with Crippen LogP contribution in [0.5, 0.6) is 5.75 Å². The van der Waals surface area contributed by atoms with Gasteiger partial charge in [0.25, 0.3) is 0 Å². The first-order valence-corrected chi connectivity index (χ1v) is 10.4. The molecule has 0 N–H and O–H groups in total. The normalized spacial score (nSPS) is 11.6. The van der Waals surface area contributed by atoms with E-state index in [0.29, 0.717) is 11.1 Å². The summed E-state index contributed by atoms with van der Waals surface area (Å²) in [6.45, 7) is 8.06. The summed E-state index contributed by atoms with van der Waals surface area (Å²) in [5.74, 6) is 0.0302. The van der Waals surface area contributed by atoms with Crippen LogP contribution >= 0.6 is 0 Å². The maximum atomic E-state index is 13.1. The minimum atomic E-state index is -0.989. The van der Waals surface area contributed by atoms with Crippen molar-refractivity contribution < 1.29 is 19.1 Å². The maximum absolute atomic E-state index is 13.1. The molecule has 0 aliphatic carbocycles. The quantitative estimate of drug-likeness (QED) is 0.341. The zero-order valence-corrected chi connectivity index (χ0v) is 18.5. The van der Waals surface area contributed by atoms with Gasteiger partial charge >= 0.3 is 5.97 Å². The fraction of sp³-hybridized carbons (Fsp3) is 0.259. The van der Waals surface area contributed by atoms with Crippen LogP contribution in [0.25, 0.3) is 0 Å². The lowest BCUT2D eigenvalue weighted by atomic mass is 9.98. The van der Waals surface area contributed by atoms with Crippen LogP contribution < -0.4 is 4.74 Å². The molecule has 0 aromatic heterocycles. The molecule has 0 bridgehead atoms. The van der Waals surface area contributed by atoms with E-state index < -0.39 is 12.1 Å². The van der Waals surface area contributed by atoms with E-state index in [4.69, 9.17) is 9.47 Å². The van der Waals surface area contributed by atoms with Crippen LogP contribution in [0.3, 0.4) is 0 Å². The zero-order chi connectivity index (χ0) is 22.4. The lowest BCUT2D eigenvalue weighted by Gasteiger charge is -2.18. The van der Waals surface area contributed by atoms with Crippen molar-refractivity contribution in [2.75, 3.05) is 6.61 Å². The summed E-state index contributed by atoms with van der Waals surface area (Å²) in [6, 6.07) is 20.7. The van der Waals surface area contributed by atoms with Crippen LogP contribution in [0.1, 0.15) is 50.7 Å². The molecule has 4 heteroatoms. The first-order chi connectivity index (χ1) is 14.8. The molecule has 0 aliphatic heterocycles. The number of hydrogen-bond acceptors (Lipinski definition) is 4. The van der Waals surface area contributed by atoms with Gasteiger partial charge in [-0.3, -0.25) is 9.59 Å². The minimum Gasteiger partial charge on any atom is -0.493 e. The third kappa shape index (κ3) is 6.05. The average Bonchev–Trinajstić information content (AvgIpc) is 2.75. The minimum absolute atomic E-state index is 0.0525. The topological polar surface area (TPSA) is 52.6 Å². The van der Waals surface area contributed by atoms with Crippen molar-refractivity contribution in [3.05, 3.63) is 100 Å². The van der Waals surface area contributed by atoms with Gasteiger partial charge < -0.3 is 9.47 Å². The fourth-order valence-corrected chi connectivity index (χ4v) is 3.18. The number of carbonyl (C=O) groups excluding carboxylic acids is 2. The molecule has 3 aromatic carbocycles. The van der Waals surface area contributed by atoms with Crippen LogP contribution in [0.4, 0.5) is 0 Å². The lowest BCUT2D eigenvalue weighted by molar-refractivity contribution is -0.147. The van der Waals surface area contributed by atoms with Crippen molar-refractivity contribution in [2.45, 2.75) is 40.2 Å². The molecule has 0 aliphatic rings. The number of carbonyl (C=O) groups is 2. The number of ether oxygens (including phenoxy) is 2. The molecule has 3 rings (SSSR count). The van der Waals surface area contributed by atoms with E-state index in [1.807, 2.05) is 82.3 Å². The first kappa shape index (κ1) is 22.3. The summed E-state index contributed by atoms with van der Waals surface area (Å²) in [5, 5.41) is 0. The maximum Gasteiger partial charge on any atom is 0.310 e. The molecule has 3 aromatic rings. The van der Waals surface area contributed by atoms with Crippen LogP contribution in [-0.2, 0) is 9.53 Å². The number of aryl methyl sites for hydroxylation is 4. The Morgan fingerprint density at radius 1 is 0.774 bits per heavy atom. The molecule has 0 heterocycles. The smallest absolute Gasteiger partial charge is 0.310 e. The fourth-order valence-electron chi connectivity index (χ4n) is 3.18. The van der Waals surface area contributed by atoms with Crippen LogP contribution in [0.15, 0.2) is 66.7 Å². The van der Waals surface area contributed by atoms with Crippen molar-refractivity contribution >= 4 is 11.8 Å². The van der Waals surface area contributed by atoms with E-state index >= 15 is 0 Å². The number of benzene rings is 3. The number of rotatable bonds is 8. The number of hydrogen-bond donors (Lipinski definition) is 0. The molecule has 31 heavy (non-hydrogen) atoms. The molecule has 0 unspecified atom stereocenters. The van der Waals surface area contributed by atoms with Crippen molar-refractivity contribution in [3.63, 3.8) is 0 Å². The van der Waals surface area contributed by atoms with Crippen molar-refractivity contribution in [1.29, 1.82) is 0 Å². The van der Waals surface area contributed by atoms with Gasteiger partial charge in [-0.15, -0.1) is 0 Å². The monoisotopic (exact) mass is 416 g/mol. The summed E-state index contributed by atoms with van der Waals surface area (Å²) < 4.78 is 11.4. The second-order valence-electron chi connectivity index (χ2n) is 7.88. The first-order valence-electron chi connectivity index (χ1n) is 10.4. The number of Topliss-reactive ketones (excluding diaryl/α,β-unsaturated/α-hetero) is 1. The molecule has 0 amide bonds. The van der Waals surface area contributed by atoms with Gasteiger partial charge in [0.15, 0.2) is 6.10 Å². The van der Waals surface area contributed by atoms with E-state index in [2.05, 4.69) is 0 Å². The molecule has 0 fully saturated rings. The van der Waals surface area contributed by atoms with E-state index in [-0.39, 0.29) is 18.8 Å². The van der Waals surface area contributed by atoms with Gasteiger partial charge in [0.05, 0.1) is 13.0 Å². The second-order valence-corrected chi connectivity index (χ2v) is 7.88. The average molecular weight is 417 g/mol. The predicted octanol–water partition coefficient (Wildman–Crippen LogP) is 5.86. The molecule has 4 nitrogen and oxygen atoms in total. The van der Waals surface area contributed by atoms with Gasteiger partial charge in [-0.1, -0.05) is 71.8 Å². The number of esters is 1. The highest BCUT2D eigenvalue weighted by molar-refractivity contribution is 6.01. The largest absolute Gasteiger partial charge is 0.493 e. The van der Waals surface area contributed by atoms with E-state index in [0.717, 1.165) is 28.0 Å². The highest BCUT2D eigenvalue weighted by Gasteiger charge is 2.26. The molecule has 160 valence electrons. The van der Waals surface area contributed by atoms with Gasteiger partial charge in [-0.05, 0) is 44.9 Å². The Hall–Kier alpha value is -3.40. The third-order valence-corrected chi connectivity index (χ3v) is 5.11. The molecular formula is C27H28O4. The summed E-state index contributed by atoms with van der Waals surface area (Å²) in [4.78, 5) is 25.7. The van der Waals surface area contributed by atoms with Crippen LogP contribution in [0.2, 0.25) is 0 Å². The summed E-state index contributed by atoms with van der Waals surface area (Å²) in [7, 11) is 0. The summed E-state index contributed by atoms with van der Waals surface area (Å²) in [6.07, 6.45) is -0.937. The van der Waals surface area contributed by atoms with Gasteiger partial charge in [0, 0.05) is 11.1 Å². The Kier molecular flexibility index (Phi) is 7.24. The third-order valence-electron chi connectivity index (χ3n) is 5.11. The van der Waals surface area contributed by atoms with Gasteiger partial charge in [-0.2, -0.15) is 0 Å². The van der Waals surface area contributed by atoms with Crippen molar-refractivity contribution in [3.8, 4) is 5.75 Å². The van der Waals surface area contributed by atoms with Gasteiger partial charge in [0.1, 0.15) is 5.75 Å². The highest BCUT2D eigenvalue weighted by atomic mass is 16.5. The Balaban J connectivity index is 1.71. The Bertz CT molecular complexity index is 1050.